The molecule has 0 unspecified atom stereocenters. The molecule has 5 nitrogen and oxygen atoms in total. The van der Waals surface area contributed by atoms with Crippen LogP contribution in [0.4, 0.5) is 0 Å². The zero-order valence-electron chi connectivity index (χ0n) is 9.37. The minimum absolute atomic E-state index is 0.287. The predicted octanol–water partition coefficient (Wildman–Crippen LogP) is 1.33. The maximum Gasteiger partial charge on any atom is 0.257 e. The Bertz CT molecular complexity index is 481. The summed E-state index contributed by atoms with van der Waals surface area (Å²) in [5.74, 6) is 1.28. The standard InChI is InChI=1S/C11H14N4OS/c12-8-3-4-15(6-8)7-10-13-14-11(16-10)9-2-1-5-17-9/h1-2,5,8H,3-4,6-7,12H2/t8-/m0/s1. The van der Waals surface area contributed by atoms with E-state index in [1.165, 1.54) is 0 Å². The molecule has 1 aliphatic rings. The van der Waals surface area contributed by atoms with Gasteiger partial charge >= 0.3 is 0 Å². The first-order valence-electron chi connectivity index (χ1n) is 5.65. The zero-order chi connectivity index (χ0) is 11.7. The lowest BCUT2D eigenvalue weighted by Crippen LogP contribution is -2.26. The van der Waals surface area contributed by atoms with Gasteiger partial charge in [-0.1, -0.05) is 6.07 Å². The Morgan fingerprint density at radius 2 is 2.47 bits per heavy atom. The molecule has 17 heavy (non-hydrogen) atoms. The third-order valence-corrected chi connectivity index (χ3v) is 3.72. The monoisotopic (exact) mass is 250 g/mol. The molecule has 2 N–H and O–H groups in total. The molecule has 0 radical (unpaired) electrons. The molecule has 0 amide bonds. The number of thiophene rings is 1. The average molecular weight is 250 g/mol. The summed E-state index contributed by atoms with van der Waals surface area (Å²) in [6.07, 6.45) is 1.05. The van der Waals surface area contributed by atoms with Gasteiger partial charge in [0.1, 0.15) is 0 Å². The molecule has 2 aromatic rings. The molecule has 2 aromatic heterocycles. The summed E-state index contributed by atoms with van der Waals surface area (Å²) in [4.78, 5) is 3.26. The van der Waals surface area contributed by atoms with Gasteiger partial charge in [-0.05, 0) is 17.9 Å². The SMILES string of the molecule is N[C@H]1CCN(Cc2nnc(-c3cccs3)o2)C1. The van der Waals surface area contributed by atoms with E-state index in [2.05, 4.69) is 15.1 Å². The first-order chi connectivity index (χ1) is 8.31. The van der Waals surface area contributed by atoms with Crippen molar-refractivity contribution in [2.75, 3.05) is 13.1 Å². The molecule has 1 saturated heterocycles. The smallest absolute Gasteiger partial charge is 0.257 e. The second-order valence-electron chi connectivity index (χ2n) is 4.26. The highest BCUT2D eigenvalue weighted by molar-refractivity contribution is 7.13. The molecule has 0 aromatic carbocycles. The quantitative estimate of drug-likeness (QED) is 0.890. The number of hydrogen-bond acceptors (Lipinski definition) is 6. The lowest BCUT2D eigenvalue weighted by Gasteiger charge is -2.11. The first-order valence-corrected chi connectivity index (χ1v) is 6.53. The second-order valence-corrected chi connectivity index (χ2v) is 5.21. The van der Waals surface area contributed by atoms with Gasteiger partial charge in [-0.3, -0.25) is 4.90 Å². The Kier molecular flexibility index (Phi) is 2.92. The molecule has 3 heterocycles. The number of rotatable bonds is 3. The fourth-order valence-corrected chi connectivity index (χ4v) is 2.66. The number of hydrogen-bond donors (Lipinski definition) is 1. The Labute approximate surface area is 103 Å². The highest BCUT2D eigenvalue weighted by Gasteiger charge is 2.21. The molecule has 0 saturated carbocycles. The zero-order valence-corrected chi connectivity index (χ0v) is 10.2. The highest BCUT2D eigenvalue weighted by Crippen LogP contribution is 2.23. The van der Waals surface area contributed by atoms with Gasteiger partial charge in [0.25, 0.3) is 5.89 Å². The van der Waals surface area contributed by atoms with Crippen LogP contribution >= 0.6 is 11.3 Å². The van der Waals surface area contributed by atoms with Crippen molar-refractivity contribution in [2.45, 2.75) is 19.0 Å². The molecule has 3 rings (SSSR count). The van der Waals surface area contributed by atoms with Crippen molar-refractivity contribution in [3.05, 3.63) is 23.4 Å². The summed E-state index contributed by atoms with van der Waals surface area (Å²) in [5.41, 5.74) is 5.85. The van der Waals surface area contributed by atoms with Gasteiger partial charge in [-0.25, -0.2) is 0 Å². The van der Waals surface area contributed by atoms with Crippen molar-refractivity contribution < 1.29 is 4.42 Å². The van der Waals surface area contributed by atoms with Crippen molar-refractivity contribution in [1.29, 1.82) is 0 Å². The van der Waals surface area contributed by atoms with E-state index in [1.807, 2.05) is 17.5 Å². The fraction of sp³-hybridized carbons (Fsp3) is 0.455. The molecule has 1 fully saturated rings. The van der Waals surface area contributed by atoms with Crippen LogP contribution in [0.3, 0.4) is 0 Å². The lowest BCUT2D eigenvalue weighted by molar-refractivity contribution is 0.289. The van der Waals surface area contributed by atoms with E-state index in [1.54, 1.807) is 11.3 Å². The van der Waals surface area contributed by atoms with E-state index in [-0.39, 0.29) is 6.04 Å². The molecule has 0 spiro atoms. The number of nitrogens with zero attached hydrogens (tertiary/aromatic N) is 3. The van der Waals surface area contributed by atoms with Crippen LogP contribution < -0.4 is 5.73 Å². The maximum absolute atomic E-state index is 5.85. The lowest BCUT2D eigenvalue weighted by atomic mass is 10.3. The summed E-state index contributed by atoms with van der Waals surface area (Å²) >= 11 is 1.60. The van der Waals surface area contributed by atoms with E-state index >= 15 is 0 Å². The molecule has 1 atom stereocenters. The molecular formula is C11H14N4OS. The fourth-order valence-electron chi connectivity index (χ4n) is 2.01. The van der Waals surface area contributed by atoms with Gasteiger partial charge in [-0.15, -0.1) is 21.5 Å². The number of nitrogens with two attached hydrogens (primary N) is 1. The van der Waals surface area contributed by atoms with Crippen molar-refractivity contribution in [1.82, 2.24) is 15.1 Å². The molecule has 6 heteroatoms. The molecule has 0 aliphatic carbocycles. The molecule has 1 aliphatic heterocycles. The average Bonchev–Trinajstić information content (AvgIpc) is 3.00. The maximum atomic E-state index is 5.85. The minimum atomic E-state index is 0.287. The van der Waals surface area contributed by atoms with Gasteiger partial charge in [0.15, 0.2) is 0 Å². The molecule has 90 valence electrons. The Hall–Kier alpha value is -1.24. The summed E-state index contributed by atoms with van der Waals surface area (Å²) in [6, 6.07) is 4.24. The Balaban J connectivity index is 1.69. The summed E-state index contributed by atoms with van der Waals surface area (Å²) in [7, 11) is 0. The van der Waals surface area contributed by atoms with Gasteiger partial charge in [-0.2, -0.15) is 0 Å². The van der Waals surface area contributed by atoms with E-state index in [0.29, 0.717) is 18.3 Å². The summed E-state index contributed by atoms with van der Waals surface area (Å²) in [6.45, 7) is 2.63. The van der Waals surface area contributed by atoms with Crippen LogP contribution in [-0.4, -0.2) is 34.2 Å². The van der Waals surface area contributed by atoms with Crippen molar-refractivity contribution in [3.63, 3.8) is 0 Å². The van der Waals surface area contributed by atoms with Crippen LogP contribution in [0.2, 0.25) is 0 Å². The van der Waals surface area contributed by atoms with Crippen LogP contribution in [-0.2, 0) is 6.54 Å². The topological polar surface area (TPSA) is 68.2 Å². The van der Waals surface area contributed by atoms with Gasteiger partial charge in [0.05, 0.1) is 11.4 Å². The van der Waals surface area contributed by atoms with Crippen LogP contribution in [0, 0.1) is 0 Å². The normalized spacial score (nSPS) is 21.1. The van der Waals surface area contributed by atoms with Crippen LogP contribution in [0.25, 0.3) is 10.8 Å². The Morgan fingerprint density at radius 3 is 3.18 bits per heavy atom. The van der Waals surface area contributed by atoms with E-state index in [9.17, 15) is 0 Å². The van der Waals surface area contributed by atoms with Crippen LogP contribution in [0.15, 0.2) is 21.9 Å². The van der Waals surface area contributed by atoms with Crippen LogP contribution in [0.1, 0.15) is 12.3 Å². The van der Waals surface area contributed by atoms with Gasteiger partial charge in [0, 0.05) is 19.1 Å². The van der Waals surface area contributed by atoms with E-state index in [0.717, 1.165) is 24.4 Å². The Morgan fingerprint density at radius 1 is 1.53 bits per heavy atom. The largest absolute Gasteiger partial charge is 0.419 e. The predicted molar refractivity (Wildman–Crippen MR) is 65.5 cm³/mol. The number of aromatic nitrogens is 2. The number of likely N-dealkylation sites (tertiary alicyclic amines) is 1. The van der Waals surface area contributed by atoms with Crippen molar-refractivity contribution in [3.8, 4) is 10.8 Å². The van der Waals surface area contributed by atoms with Gasteiger partial charge < -0.3 is 10.2 Å². The second kappa shape index (κ2) is 4.56. The third-order valence-electron chi connectivity index (χ3n) is 2.87. The van der Waals surface area contributed by atoms with E-state index in [4.69, 9.17) is 10.2 Å². The summed E-state index contributed by atoms with van der Waals surface area (Å²) in [5, 5.41) is 10.1. The van der Waals surface area contributed by atoms with E-state index < -0.39 is 0 Å². The molecule has 0 bridgehead atoms. The summed E-state index contributed by atoms with van der Waals surface area (Å²) < 4.78 is 5.63. The third kappa shape index (κ3) is 2.38. The first kappa shape index (κ1) is 10.9. The van der Waals surface area contributed by atoms with Crippen molar-refractivity contribution >= 4 is 11.3 Å². The highest BCUT2D eigenvalue weighted by atomic mass is 32.1. The van der Waals surface area contributed by atoms with Crippen molar-refractivity contribution in [2.24, 2.45) is 5.73 Å². The van der Waals surface area contributed by atoms with Crippen LogP contribution in [0.5, 0.6) is 0 Å². The van der Waals surface area contributed by atoms with Gasteiger partial charge in [0.2, 0.25) is 5.89 Å². The minimum Gasteiger partial charge on any atom is -0.419 e. The molecular weight excluding hydrogens is 236 g/mol.